The van der Waals surface area contributed by atoms with E-state index in [9.17, 15) is 0 Å². The summed E-state index contributed by atoms with van der Waals surface area (Å²) in [5, 5.41) is 3.50. The first-order valence-electron chi connectivity index (χ1n) is 5.84. The minimum absolute atomic E-state index is 0.817. The zero-order valence-corrected chi connectivity index (χ0v) is 8.73. The van der Waals surface area contributed by atoms with Gasteiger partial charge in [-0.2, -0.15) is 0 Å². The molecular formula is C11H24N2. The second-order valence-electron chi connectivity index (χ2n) is 4.20. The quantitative estimate of drug-likeness (QED) is 0.506. The van der Waals surface area contributed by atoms with Crippen molar-refractivity contribution < 1.29 is 0 Å². The van der Waals surface area contributed by atoms with E-state index < -0.39 is 0 Å². The Kier molecular flexibility index (Phi) is 6.21. The van der Waals surface area contributed by atoms with Gasteiger partial charge in [0.05, 0.1) is 0 Å². The van der Waals surface area contributed by atoms with Crippen LogP contribution in [0.2, 0.25) is 0 Å². The second-order valence-corrected chi connectivity index (χ2v) is 4.20. The predicted octanol–water partition coefficient (Wildman–Crippen LogP) is 1.90. The molecule has 0 unspecified atom stereocenters. The molecule has 0 bridgehead atoms. The van der Waals surface area contributed by atoms with Crippen molar-refractivity contribution in [2.24, 2.45) is 11.7 Å². The van der Waals surface area contributed by atoms with E-state index in [1.165, 1.54) is 45.1 Å². The minimum Gasteiger partial charge on any atom is -0.330 e. The van der Waals surface area contributed by atoms with E-state index in [1.807, 2.05) is 0 Å². The predicted molar refractivity (Wildman–Crippen MR) is 57.7 cm³/mol. The molecule has 0 radical (unpaired) electrons. The zero-order chi connectivity index (χ0) is 9.36. The Hall–Kier alpha value is -0.0800. The average molecular weight is 184 g/mol. The van der Waals surface area contributed by atoms with Crippen molar-refractivity contribution in [3.05, 3.63) is 0 Å². The van der Waals surface area contributed by atoms with Crippen LogP contribution in [0.3, 0.4) is 0 Å². The summed E-state index contributed by atoms with van der Waals surface area (Å²) in [4.78, 5) is 0. The summed E-state index contributed by atoms with van der Waals surface area (Å²) in [5.74, 6) is 0.945. The molecule has 0 aliphatic heterocycles. The Morgan fingerprint density at radius 2 is 1.77 bits per heavy atom. The second kappa shape index (κ2) is 7.34. The lowest BCUT2D eigenvalue weighted by molar-refractivity contribution is 0.425. The molecule has 0 aromatic carbocycles. The van der Waals surface area contributed by atoms with Crippen LogP contribution in [0, 0.1) is 5.92 Å². The highest BCUT2D eigenvalue weighted by Gasteiger charge is 2.10. The SMILES string of the molecule is NCCCNCC1CCCCCC1. The van der Waals surface area contributed by atoms with Gasteiger partial charge in [-0.25, -0.2) is 0 Å². The Morgan fingerprint density at radius 3 is 2.38 bits per heavy atom. The summed E-state index contributed by atoms with van der Waals surface area (Å²) in [7, 11) is 0. The standard InChI is InChI=1S/C11H24N2/c12-8-5-9-13-10-11-6-3-1-2-4-7-11/h11,13H,1-10,12H2. The van der Waals surface area contributed by atoms with Crippen LogP contribution in [-0.4, -0.2) is 19.6 Å². The van der Waals surface area contributed by atoms with Gasteiger partial charge >= 0.3 is 0 Å². The van der Waals surface area contributed by atoms with E-state index in [4.69, 9.17) is 5.73 Å². The molecule has 0 spiro atoms. The molecule has 1 fully saturated rings. The molecule has 1 aliphatic carbocycles. The Morgan fingerprint density at radius 1 is 1.08 bits per heavy atom. The molecule has 2 nitrogen and oxygen atoms in total. The van der Waals surface area contributed by atoms with Crippen molar-refractivity contribution >= 4 is 0 Å². The van der Waals surface area contributed by atoms with Crippen LogP contribution in [0.4, 0.5) is 0 Å². The van der Waals surface area contributed by atoms with Crippen molar-refractivity contribution in [3.8, 4) is 0 Å². The summed E-state index contributed by atoms with van der Waals surface area (Å²) in [6, 6.07) is 0. The van der Waals surface area contributed by atoms with Crippen LogP contribution in [0.5, 0.6) is 0 Å². The highest BCUT2D eigenvalue weighted by molar-refractivity contribution is 4.66. The summed E-state index contributed by atoms with van der Waals surface area (Å²) in [6.45, 7) is 3.14. The van der Waals surface area contributed by atoms with E-state index in [0.29, 0.717) is 0 Å². The van der Waals surface area contributed by atoms with Gasteiger partial charge in [-0.05, 0) is 44.8 Å². The maximum atomic E-state index is 5.43. The molecule has 0 aromatic rings. The lowest BCUT2D eigenvalue weighted by atomic mass is 10.0. The first-order chi connectivity index (χ1) is 6.43. The first-order valence-corrected chi connectivity index (χ1v) is 5.84. The average Bonchev–Trinajstić information content (AvgIpc) is 2.41. The molecule has 0 amide bonds. The van der Waals surface area contributed by atoms with Crippen molar-refractivity contribution in [3.63, 3.8) is 0 Å². The fourth-order valence-corrected chi connectivity index (χ4v) is 2.10. The van der Waals surface area contributed by atoms with Gasteiger partial charge in [-0.3, -0.25) is 0 Å². The monoisotopic (exact) mass is 184 g/mol. The molecule has 3 N–H and O–H groups in total. The van der Waals surface area contributed by atoms with E-state index in [1.54, 1.807) is 0 Å². The third-order valence-electron chi connectivity index (χ3n) is 2.97. The molecule has 13 heavy (non-hydrogen) atoms. The normalized spacial score (nSPS) is 20.1. The van der Waals surface area contributed by atoms with Crippen molar-refractivity contribution in [2.45, 2.75) is 44.9 Å². The van der Waals surface area contributed by atoms with Gasteiger partial charge in [0.25, 0.3) is 0 Å². The van der Waals surface area contributed by atoms with Gasteiger partial charge in [-0.15, -0.1) is 0 Å². The molecule has 1 aliphatic rings. The van der Waals surface area contributed by atoms with E-state index >= 15 is 0 Å². The number of rotatable bonds is 5. The molecule has 0 saturated heterocycles. The van der Waals surface area contributed by atoms with E-state index in [0.717, 1.165) is 25.4 Å². The highest BCUT2D eigenvalue weighted by atomic mass is 14.9. The topological polar surface area (TPSA) is 38.0 Å². The Balaban J connectivity index is 1.98. The molecule has 0 aromatic heterocycles. The van der Waals surface area contributed by atoms with Gasteiger partial charge < -0.3 is 11.1 Å². The number of hydrogen-bond acceptors (Lipinski definition) is 2. The molecule has 2 heteroatoms. The largest absolute Gasteiger partial charge is 0.330 e. The van der Waals surface area contributed by atoms with Crippen LogP contribution in [0.15, 0.2) is 0 Å². The van der Waals surface area contributed by atoms with Crippen molar-refractivity contribution in [1.82, 2.24) is 5.32 Å². The Labute approximate surface area is 82.3 Å². The molecule has 1 rings (SSSR count). The summed E-state index contributed by atoms with van der Waals surface area (Å²) >= 11 is 0. The van der Waals surface area contributed by atoms with Crippen molar-refractivity contribution in [1.29, 1.82) is 0 Å². The first kappa shape index (κ1) is 11.0. The van der Waals surface area contributed by atoms with Gasteiger partial charge in [0.2, 0.25) is 0 Å². The highest BCUT2D eigenvalue weighted by Crippen LogP contribution is 2.21. The summed E-state index contributed by atoms with van der Waals surface area (Å²) in [6.07, 6.45) is 9.81. The number of nitrogens with two attached hydrogens (primary N) is 1. The lowest BCUT2D eigenvalue weighted by Gasteiger charge is -2.14. The fraction of sp³-hybridized carbons (Fsp3) is 1.00. The smallest absolute Gasteiger partial charge is 0.00205 e. The fourth-order valence-electron chi connectivity index (χ4n) is 2.10. The Bertz CT molecular complexity index is 107. The lowest BCUT2D eigenvalue weighted by Crippen LogP contribution is -2.25. The third-order valence-corrected chi connectivity index (χ3v) is 2.97. The van der Waals surface area contributed by atoms with Gasteiger partial charge in [-0.1, -0.05) is 25.7 Å². The summed E-state index contributed by atoms with van der Waals surface area (Å²) in [5.41, 5.74) is 5.43. The van der Waals surface area contributed by atoms with Crippen LogP contribution in [-0.2, 0) is 0 Å². The van der Waals surface area contributed by atoms with E-state index in [2.05, 4.69) is 5.32 Å². The van der Waals surface area contributed by atoms with Crippen LogP contribution < -0.4 is 11.1 Å². The third kappa shape index (κ3) is 5.27. The minimum atomic E-state index is 0.817. The molecule has 0 atom stereocenters. The molecule has 78 valence electrons. The van der Waals surface area contributed by atoms with Crippen molar-refractivity contribution in [2.75, 3.05) is 19.6 Å². The van der Waals surface area contributed by atoms with Gasteiger partial charge in [0.15, 0.2) is 0 Å². The van der Waals surface area contributed by atoms with Gasteiger partial charge in [0, 0.05) is 0 Å². The molecular weight excluding hydrogens is 160 g/mol. The maximum absolute atomic E-state index is 5.43. The van der Waals surface area contributed by atoms with Crippen LogP contribution >= 0.6 is 0 Å². The van der Waals surface area contributed by atoms with Crippen LogP contribution in [0.25, 0.3) is 0 Å². The van der Waals surface area contributed by atoms with Gasteiger partial charge in [0.1, 0.15) is 0 Å². The van der Waals surface area contributed by atoms with Crippen LogP contribution in [0.1, 0.15) is 44.9 Å². The zero-order valence-electron chi connectivity index (χ0n) is 8.73. The maximum Gasteiger partial charge on any atom is -0.00205 e. The number of nitrogens with one attached hydrogen (secondary N) is 1. The van der Waals surface area contributed by atoms with E-state index in [-0.39, 0.29) is 0 Å². The number of hydrogen-bond donors (Lipinski definition) is 2. The molecule has 0 heterocycles. The summed E-state index contributed by atoms with van der Waals surface area (Å²) < 4.78 is 0. The molecule has 1 saturated carbocycles.